The van der Waals surface area contributed by atoms with Crippen molar-refractivity contribution in [2.45, 2.75) is 11.8 Å². The van der Waals surface area contributed by atoms with Crippen LogP contribution in [0.5, 0.6) is 0 Å². The molecule has 0 saturated carbocycles. The van der Waals surface area contributed by atoms with Gasteiger partial charge in [0.15, 0.2) is 0 Å². The van der Waals surface area contributed by atoms with Crippen LogP contribution in [0.1, 0.15) is 6.92 Å². The zero-order valence-corrected chi connectivity index (χ0v) is 10.9. The number of hydrogen-bond acceptors (Lipinski definition) is 3. The highest BCUT2D eigenvalue weighted by atomic mass is 35.5. The van der Waals surface area contributed by atoms with Gasteiger partial charge in [0.2, 0.25) is 0 Å². The number of thioether (sulfide) groups is 1. The summed E-state index contributed by atoms with van der Waals surface area (Å²) in [5.74, 6) is 2.55. The van der Waals surface area contributed by atoms with E-state index >= 15 is 0 Å². The molecule has 2 nitrogen and oxygen atoms in total. The molecule has 1 rings (SSSR count). The molecule has 5 heteroatoms. The smallest absolute Gasteiger partial charge is 0.0595 e. The summed E-state index contributed by atoms with van der Waals surface area (Å²) in [6, 6.07) is 5.09. The maximum atomic E-state index is 11.9. The van der Waals surface area contributed by atoms with Gasteiger partial charge in [0.05, 0.1) is 20.7 Å². The van der Waals surface area contributed by atoms with Crippen molar-refractivity contribution < 1.29 is 4.21 Å². The first-order valence-corrected chi connectivity index (χ1v) is 7.51. The lowest BCUT2D eigenvalue weighted by Gasteiger charge is -2.05. The molecule has 0 radical (unpaired) electrons. The van der Waals surface area contributed by atoms with E-state index in [4.69, 9.17) is 17.3 Å². The number of anilines is 1. The van der Waals surface area contributed by atoms with E-state index in [1.54, 1.807) is 30.0 Å². The fourth-order valence-electron chi connectivity index (χ4n) is 1.08. The van der Waals surface area contributed by atoms with Gasteiger partial charge in [0.25, 0.3) is 0 Å². The van der Waals surface area contributed by atoms with E-state index in [1.807, 2.05) is 0 Å². The molecule has 0 amide bonds. The van der Waals surface area contributed by atoms with E-state index in [2.05, 4.69) is 6.92 Å². The summed E-state index contributed by atoms with van der Waals surface area (Å²) in [4.78, 5) is 0.647. The third-order valence-electron chi connectivity index (χ3n) is 1.82. The van der Waals surface area contributed by atoms with Gasteiger partial charge in [-0.1, -0.05) is 18.5 Å². The van der Waals surface area contributed by atoms with E-state index in [0.29, 0.717) is 21.4 Å². The molecule has 1 aromatic carbocycles. The Hall–Kier alpha value is -0.190. The summed E-state index contributed by atoms with van der Waals surface area (Å²) in [5, 5.41) is 0.532. The standard InChI is InChI=1S/C10H14ClNOS2/c1-2-14-5-6-15(13)10-7-8(12)3-4-9(10)11/h3-4,7H,2,5-6,12H2,1H3. The molecule has 0 spiro atoms. The predicted octanol–water partition coefficient (Wildman–Crippen LogP) is 2.78. The van der Waals surface area contributed by atoms with Crippen molar-refractivity contribution in [1.29, 1.82) is 0 Å². The van der Waals surface area contributed by atoms with Gasteiger partial charge in [-0.15, -0.1) is 0 Å². The van der Waals surface area contributed by atoms with Gasteiger partial charge in [-0.05, 0) is 24.0 Å². The molecule has 1 atom stereocenters. The molecular formula is C10H14ClNOS2. The number of nitrogen functional groups attached to an aromatic ring is 1. The van der Waals surface area contributed by atoms with Gasteiger partial charge in [0.1, 0.15) is 0 Å². The van der Waals surface area contributed by atoms with Crippen LogP contribution < -0.4 is 5.73 Å². The Kier molecular flexibility index (Phi) is 5.50. The molecule has 0 heterocycles. The van der Waals surface area contributed by atoms with Crippen molar-refractivity contribution >= 4 is 39.8 Å². The van der Waals surface area contributed by atoms with Crippen molar-refractivity contribution in [3.8, 4) is 0 Å². The third-order valence-corrected chi connectivity index (χ3v) is 4.82. The van der Waals surface area contributed by atoms with Crippen LogP contribution in [0, 0.1) is 0 Å². The monoisotopic (exact) mass is 263 g/mol. The summed E-state index contributed by atoms with van der Waals surface area (Å²) in [5.41, 5.74) is 6.22. The molecule has 0 aliphatic heterocycles. The van der Waals surface area contributed by atoms with E-state index in [0.717, 1.165) is 11.5 Å². The molecule has 0 saturated heterocycles. The first kappa shape index (κ1) is 12.9. The van der Waals surface area contributed by atoms with Gasteiger partial charge >= 0.3 is 0 Å². The van der Waals surface area contributed by atoms with E-state index in [-0.39, 0.29) is 0 Å². The molecule has 0 aliphatic carbocycles. The summed E-state index contributed by atoms with van der Waals surface area (Å²) in [6.07, 6.45) is 0. The van der Waals surface area contributed by atoms with Crippen LogP contribution in [0.2, 0.25) is 5.02 Å². The van der Waals surface area contributed by atoms with Crippen molar-refractivity contribution in [2.75, 3.05) is 23.0 Å². The highest BCUT2D eigenvalue weighted by molar-refractivity contribution is 8.00. The minimum Gasteiger partial charge on any atom is -0.399 e. The average Bonchev–Trinajstić information content (AvgIpc) is 2.22. The number of hydrogen-bond donors (Lipinski definition) is 1. The predicted molar refractivity (Wildman–Crippen MR) is 70.1 cm³/mol. The Morgan fingerprint density at radius 3 is 2.93 bits per heavy atom. The fourth-order valence-corrected chi connectivity index (χ4v) is 3.60. The third kappa shape index (κ3) is 4.05. The van der Waals surface area contributed by atoms with Crippen molar-refractivity contribution in [3.63, 3.8) is 0 Å². The topological polar surface area (TPSA) is 43.1 Å². The fraction of sp³-hybridized carbons (Fsp3) is 0.400. The Morgan fingerprint density at radius 1 is 1.53 bits per heavy atom. The highest BCUT2D eigenvalue weighted by Crippen LogP contribution is 2.22. The second-order valence-corrected chi connectivity index (χ2v) is 6.28. The average molecular weight is 264 g/mol. The van der Waals surface area contributed by atoms with Gasteiger partial charge < -0.3 is 5.73 Å². The van der Waals surface area contributed by atoms with Crippen molar-refractivity contribution in [1.82, 2.24) is 0 Å². The van der Waals surface area contributed by atoms with Crippen LogP contribution in [0.25, 0.3) is 0 Å². The zero-order valence-electron chi connectivity index (χ0n) is 8.53. The number of rotatable bonds is 5. The lowest BCUT2D eigenvalue weighted by molar-refractivity contribution is 0.684. The normalized spacial score (nSPS) is 12.7. The summed E-state index contributed by atoms with van der Waals surface area (Å²) in [6.45, 7) is 2.08. The van der Waals surface area contributed by atoms with Crippen LogP contribution in [-0.2, 0) is 10.8 Å². The van der Waals surface area contributed by atoms with Crippen LogP contribution in [0.15, 0.2) is 23.1 Å². The maximum absolute atomic E-state index is 11.9. The Labute approximate surface area is 102 Å². The van der Waals surface area contributed by atoms with Gasteiger partial charge in [-0.25, -0.2) is 0 Å². The summed E-state index contributed by atoms with van der Waals surface area (Å²) in [7, 11) is -1.04. The number of benzene rings is 1. The minimum atomic E-state index is -1.04. The molecule has 0 fully saturated rings. The van der Waals surface area contributed by atoms with E-state index < -0.39 is 10.8 Å². The van der Waals surface area contributed by atoms with Crippen LogP contribution in [0.4, 0.5) is 5.69 Å². The van der Waals surface area contributed by atoms with Crippen molar-refractivity contribution in [3.05, 3.63) is 23.2 Å². The lowest BCUT2D eigenvalue weighted by Crippen LogP contribution is -2.02. The first-order valence-electron chi connectivity index (χ1n) is 4.66. The van der Waals surface area contributed by atoms with E-state index in [9.17, 15) is 4.21 Å². The van der Waals surface area contributed by atoms with E-state index in [1.165, 1.54) is 0 Å². The second kappa shape index (κ2) is 6.40. The van der Waals surface area contributed by atoms with Crippen LogP contribution >= 0.6 is 23.4 Å². The molecule has 15 heavy (non-hydrogen) atoms. The lowest BCUT2D eigenvalue weighted by atomic mass is 10.3. The van der Waals surface area contributed by atoms with Crippen molar-refractivity contribution in [2.24, 2.45) is 0 Å². The first-order chi connectivity index (χ1) is 7.15. The molecular weight excluding hydrogens is 250 g/mol. The second-order valence-electron chi connectivity index (χ2n) is 2.94. The van der Waals surface area contributed by atoms with Crippen LogP contribution in [-0.4, -0.2) is 21.5 Å². The zero-order chi connectivity index (χ0) is 11.3. The Balaban J connectivity index is 2.68. The molecule has 1 aromatic rings. The van der Waals surface area contributed by atoms with Crippen LogP contribution in [0.3, 0.4) is 0 Å². The molecule has 2 N–H and O–H groups in total. The molecule has 0 aromatic heterocycles. The Bertz CT molecular complexity index is 357. The number of halogens is 1. The van der Waals surface area contributed by atoms with Gasteiger partial charge in [-0.2, -0.15) is 11.8 Å². The quantitative estimate of drug-likeness (QED) is 0.656. The molecule has 0 bridgehead atoms. The number of nitrogens with two attached hydrogens (primary N) is 1. The Morgan fingerprint density at radius 2 is 2.27 bits per heavy atom. The SMILES string of the molecule is CCSCCS(=O)c1cc(N)ccc1Cl. The molecule has 0 aliphatic rings. The molecule has 1 unspecified atom stereocenters. The maximum Gasteiger partial charge on any atom is 0.0595 e. The summed E-state index contributed by atoms with van der Waals surface area (Å²) >= 11 is 7.72. The highest BCUT2D eigenvalue weighted by Gasteiger charge is 2.08. The molecule has 84 valence electrons. The largest absolute Gasteiger partial charge is 0.399 e. The minimum absolute atomic E-state index is 0.532. The van der Waals surface area contributed by atoms with Gasteiger partial charge in [-0.3, -0.25) is 4.21 Å². The van der Waals surface area contributed by atoms with Gasteiger partial charge in [0, 0.05) is 17.2 Å². The summed E-state index contributed by atoms with van der Waals surface area (Å²) < 4.78 is 11.9.